The van der Waals surface area contributed by atoms with E-state index in [9.17, 15) is 13.2 Å². The summed E-state index contributed by atoms with van der Waals surface area (Å²) in [5.41, 5.74) is 1.38. The van der Waals surface area contributed by atoms with E-state index in [4.69, 9.17) is 0 Å². The number of thiophene rings is 1. The van der Waals surface area contributed by atoms with Crippen LogP contribution in [0, 0.1) is 0 Å². The summed E-state index contributed by atoms with van der Waals surface area (Å²) in [6.45, 7) is 4.38. The van der Waals surface area contributed by atoms with Crippen molar-refractivity contribution in [1.82, 2.24) is 5.32 Å². The van der Waals surface area contributed by atoms with Gasteiger partial charge in [-0.05, 0) is 18.5 Å². The molecule has 1 heterocycles. The topological polar surface area (TPSA) is 24.1 Å². The molecule has 0 aliphatic carbocycles. The summed E-state index contributed by atoms with van der Waals surface area (Å²) in [5, 5.41) is 7.95. The fraction of sp³-hybridized carbons (Fsp3) is 0.412. The van der Waals surface area contributed by atoms with Crippen molar-refractivity contribution < 1.29 is 13.2 Å². The monoisotopic (exact) mass is 342 g/mol. The Kier molecular flexibility index (Phi) is 6.47. The maximum absolute atomic E-state index is 13.2. The second-order valence-electron chi connectivity index (χ2n) is 5.25. The fourth-order valence-corrected chi connectivity index (χ4v) is 3.22. The fourth-order valence-electron chi connectivity index (χ4n) is 2.30. The van der Waals surface area contributed by atoms with Gasteiger partial charge in [0.1, 0.15) is 4.88 Å². The van der Waals surface area contributed by atoms with Crippen LogP contribution in [0.4, 0.5) is 18.9 Å². The van der Waals surface area contributed by atoms with Gasteiger partial charge in [0.15, 0.2) is 0 Å². The number of nitrogens with one attached hydrogen (secondary N) is 2. The highest BCUT2D eigenvalue weighted by Crippen LogP contribution is 2.45. The lowest BCUT2D eigenvalue weighted by atomic mass is 10.0. The molecule has 1 aromatic carbocycles. The Hall–Kier alpha value is -1.53. The molecule has 2 nitrogen and oxygen atoms in total. The molecule has 2 aromatic rings. The number of halogens is 3. The molecule has 0 amide bonds. The van der Waals surface area contributed by atoms with E-state index < -0.39 is 11.1 Å². The molecule has 0 bridgehead atoms. The molecule has 0 saturated heterocycles. The molecular formula is C17H21F3N2S. The maximum Gasteiger partial charge on any atom is 0.426 e. The SMILES string of the molecule is CCCCNCCNc1csc(C(F)(F)F)c1-c1ccccc1. The van der Waals surface area contributed by atoms with Crippen LogP contribution in [0.1, 0.15) is 24.6 Å². The molecule has 0 unspecified atom stereocenters. The minimum Gasteiger partial charge on any atom is -0.383 e. The van der Waals surface area contributed by atoms with Crippen molar-refractivity contribution >= 4 is 17.0 Å². The molecule has 0 saturated carbocycles. The van der Waals surface area contributed by atoms with Gasteiger partial charge in [-0.2, -0.15) is 13.2 Å². The Bertz CT molecular complexity index is 594. The van der Waals surface area contributed by atoms with Crippen molar-refractivity contribution in [3.8, 4) is 11.1 Å². The van der Waals surface area contributed by atoms with Gasteiger partial charge in [0.05, 0.1) is 5.69 Å². The molecule has 0 fully saturated rings. The molecule has 0 aliphatic heterocycles. The first-order valence-corrected chi connectivity index (χ1v) is 8.60. The van der Waals surface area contributed by atoms with Crippen LogP contribution in [-0.2, 0) is 6.18 Å². The van der Waals surface area contributed by atoms with Crippen LogP contribution < -0.4 is 10.6 Å². The van der Waals surface area contributed by atoms with Crippen LogP contribution in [0.15, 0.2) is 35.7 Å². The van der Waals surface area contributed by atoms with Gasteiger partial charge in [-0.3, -0.25) is 0 Å². The molecule has 2 rings (SSSR count). The summed E-state index contributed by atoms with van der Waals surface area (Å²) >= 11 is 0.742. The Morgan fingerprint density at radius 1 is 1.04 bits per heavy atom. The van der Waals surface area contributed by atoms with Gasteiger partial charge in [0.2, 0.25) is 0 Å². The third-order valence-electron chi connectivity index (χ3n) is 3.44. The van der Waals surface area contributed by atoms with E-state index in [0.29, 0.717) is 17.8 Å². The van der Waals surface area contributed by atoms with Gasteiger partial charge in [-0.15, -0.1) is 11.3 Å². The lowest BCUT2D eigenvalue weighted by molar-refractivity contribution is -0.133. The first-order valence-electron chi connectivity index (χ1n) is 7.72. The third kappa shape index (κ3) is 4.97. The van der Waals surface area contributed by atoms with Gasteiger partial charge in [-0.25, -0.2) is 0 Å². The lowest BCUT2D eigenvalue weighted by Crippen LogP contribution is -2.23. The number of alkyl halides is 3. The van der Waals surface area contributed by atoms with Crippen molar-refractivity contribution in [2.45, 2.75) is 25.9 Å². The Labute approximate surface area is 138 Å². The lowest BCUT2D eigenvalue weighted by Gasteiger charge is -2.12. The highest BCUT2D eigenvalue weighted by atomic mass is 32.1. The highest BCUT2D eigenvalue weighted by Gasteiger charge is 2.36. The van der Waals surface area contributed by atoms with E-state index in [-0.39, 0.29) is 5.56 Å². The highest BCUT2D eigenvalue weighted by molar-refractivity contribution is 7.11. The van der Waals surface area contributed by atoms with Crippen molar-refractivity contribution in [1.29, 1.82) is 0 Å². The Morgan fingerprint density at radius 2 is 1.78 bits per heavy atom. The average molecular weight is 342 g/mol. The van der Waals surface area contributed by atoms with Crippen LogP contribution in [0.2, 0.25) is 0 Å². The zero-order chi connectivity index (χ0) is 16.7. The van der Waals surface area contributed by atoms with Crippen LogP contribution in [-0.4, -0.2) is 19.6 Å². The zero-order valence-electron chi connectivity index (χ0n) is 13.0. The molecule has 0 atom stereocenters. The van der Waals surface area contributed by atoms with Gasteiger partial charge in [0.25, 0.3) is 0 Å². The van der Waals surface area contributed by atoms with Crippen molar-refractivity contribution in [2.75, 3.05) is 25.0 Å². The average Bonchev–Trinajstić information content (AvgIpc) is 2.96. The normalized spacial score (nSPS) is 11.7. The zero-order valence-corrected chi connectivity index (χ0v) is 13.9. The minimum absolute atomic E-state index is 0.247. The molecular weight excluding hydrogens is 321 g/mol. The number of benzene rings is 1. The first-order chi connectivity index (χ1) is 11.0. The quantitative estimate of drug-likeness (QED) is 0.642. The molecule has 126 valence electrons. The predicted octanol–water partition coefficient (Wildman–Crippen LogP) is 5.24. The van der Waals surface area contributed by atoms with Gasteiger partial charge in [0, 0.05) is 24.0 Å². The molecule has 6 heteroatoms. The summed E-state index contributed by atoms with van der Waals surface area (Å²) in [4.78, 5) is -0.551. The molecule has 2 N–H and O–H groups in total. The number of unbranched alkanes of at least 4 members (excludes halogenated alkanes) is 1. The minimum atomic E-state index is -4.34. The van der Waals surface area contributed by atoms with E-state index in [1.807, 2.05) is 0 Å². The van der Waals surface area contributed by atoms with E-state index in [2.05, 4.69) is 17.6 Å². The van der Waals surface area contributed by atoms with Gasteiger partial charge >= 0.3 is 6.18 Å². The largest absolute Gasteiger partial charge is 0.426 e. The van der Waals surface area contributed by atoms with Crippen molar-refractivity contribution in [3.05, 3.63) is 40.6 Å². The number of rotatable bonds is 8. The summed E-state index contributed by atoms with van der Waals surface area (Å²) in [5.74, 6) is 0. The van der Waals surface area contributed by atoms with Crippen LogP contribution >= 0.6 is 11.3 Å². The van der Waals surface area contributed by atoms with E-state index >= 15 is 0 Å². The second-order valence-corrected chi connectivity index (χ2v) is 6.13. The summed E-state index contributed by atoms with van der Waals surface area (Å²) < 4.78 is 39.7. The second kappa shape index (κ2) is 8.36. The predicted molar refractivity (Wildman–Crippen MR) is 91.0 cm³/mol. The molecule has 1 aromatic heterocycles. The number of hydrogen-bond donors (Lipinski definition) is 2. The summed E-state index contributed by atoms with van der Waals surface area (Å²) in [6.07, 6.45) is -2.11. The molecule has 0 aliphatic rings. The van der Waals surface area contributed by atoms with Gasteiger partial charge in [-0.1, -0.05) is 43.7 Å². The Balaban J connectivity index is 2.12. The van der Waals surface area contributed by atoms with E-state index in [0.717, 1.165) is 37.3 Å². The standard InChI is InChI=1S/C17H21F3N2S/c1-2-3-9-21-10-11-22-14-12-23-16(17(18,19)20)15(14)13-7-5-4-6-8-13/h4-8,12,21-22H,2-3,9-11H2,1H3. The van der Waals surface area contributed by atoms with E-state index in [1.54, 1.807) is 35.7 Å². The molecule has 0 radical (unpaired) electrons. The molecule has 23 heavy (non-hydrogen) atoms. The number of anilines is 1. The van der Waals surface area contributed by atoms with E-state index in [1.165, 1.54) is 0 Å². The maximum atomic E-state index is 13.2. The molecule has 0 spiro atoms. The smallest absolute Gasteiger partial charge is 0.383 e. The van der Waals surface area contributed by atoms with Crippen LogP contribution in [0.3, 0.4) is 0 Å². The van der Waals surface area contributed by atoms with Crippen molar-refractivity contribution in [2.24, 2.45) is 0 Å². The van der Waals surface area contributed by atoms with Crippen LogP contribution in [0.25, 0.3) is 11.1 Å². The summed E-state index contributed by atoms with van der Waals surface area (Å²) in [7, 11) is 0. The van der Waals surface area contributed by atoms with Crippen LogP contribution in [0.5, 0.6) is 0 Å². The van der Waals surface area contributed by atoms with Crippen molar-refractivity contribution in [3.63, 3.8) is 0 Å². The third-order valence-corrected chi connectivity index (χ3v) is 4.46. The van der Waals surface area contributed by atoms with Gasteiger partial charge < -0.3 is 10.6 Å². The summed E-state index contributed by atoms with van der Waals surface area (Å²) in [6, 6.07) is 8.73. The number of hydrogen-bond acceptors (Lipinski definition) is 3. The Morgan fingerprint density at radius 3 is 2.43 bits per heavy atom. The first kappa shape index (κ1) is 17.8.